The van der Waals surface area contributed by atoms with Crippen LogP contribution in [-0.4, -0.2) is 183 Å². The normalized spacial score (nSPS) is 16.8. The summed E-state index contributed by atoms with van der Waals surface area (Å²) < 4.78 is 14.6. The maximum atomic E-state index is 13.2. The first kappa shape index (κ1) is 91.7. The molecule has 0 radical (unpaired) electrons. The van der Waals surface area contributed by atoms with Crippen LogP contribution >= 0.6 is 0 Å². The third-order valence-electron chi connectivity index (χ3n) is 26.5. The number of fused-ring (bicyclic) bond motifs is 7. The van der Waals surface area contributed by atoms with Gasteiger partial charge in [-0.05, 0) is 232 Å². The second-order valence-corrected chi connectivity index (χ2v) is 37.3. The summed E-state index contributed by atoms with van der Waals surface area (Å²) in [6.45, 7) is 28.8. The molecule has 126 heavy (non-hydrogen) atoms. The Bertz CT molecular complexity index is 5400. The number of ether oxygens (including phenoxy) is 1. The number of aryl methyl sites for hydroxylation is 5. The second kappa shape index (κ2) is 45.8. The molecule has 3 amide bonds. The zero-order chi connectivity index (χ0) is 87.7. The highest BCUT2D eigenvalue weighted by Crippen LogP contribution is 2.41. The van der Waals surface area contributed by atoms with Crippen molar-refractivity contribution in [3.05, 3.63) is 275 Å². The van der Waals surface area contributed by atoms with Gasteiger partial charge < -0.3 is 59.0 Å². The van der Waals surface area contributed by atoms with Gasteiger partial charge in [0, 0.05) is 175 Å². The summed E-state index contributed by atoms with van der Waals surface area (Å²) >= 11 is 0. The molecule has 1 aliphatic carbocycles. The molecule has 4 saturated heterocycles. The molecule has 18 nitrogen and oxygen atoms in total. The lowest BCUT2D eigenvalue weighted by Crippen LogP contribution is -2.44. The quantitative estimate of drug-likeness (QED) is 0.0218. The zero-order valence-corrected chi connectivity index (χ0v) is 76.4. The second-order valence-electron chi connectivity index (χ2n) is 37.3. The number of piperidine rings is 2. The van der Waals surface area contributed by atoms with Crippen LogP contribution in [0.5, 0.6) is 5.75 Å². The summed E-state index contributed by atoms with van der Waals surface area (Å²) in [6.07, 6.45) is 30.9. The molecular formula is C108H139N13O5. The van der Waals surface area contributed by atoms with Gasteiger partial charge in [-0.2, -0.15) is 0 Å². The first-order chi connectivity index (χ1) is 61.5. The minimum atomic E-state index is 0.0149. The smallest absolute Gasteiger partial charge is 0.253 e. The summed E-state index contributed by atoms with van der Waals surface area (Å²) in [4.78, 5) is 66.3. The summed E-state index contributed by atoms with van der Waals surface area (Å²) in [5.74, 6) is 3.17. The molecule has 0 spiro atoms. The number of ketones is 1. The van der Waals surface area contributed by atoms with Gasteiger partial charge in [-0.15, -0.1) is 0 Å². The SMILES string of the molecule is CC(C)CNC(=O)c1cn(CCCN(C)CCc2ccccn2)c2ccccc12.CC(C)CNC(=O)c1cn(CCCN2C3CCC2CC(CCc2ccccc2)C3)c2ccccc12.CC(C)CNC(=O)c1cn(CCCN2CCC(N3CCCC3)CC2)c2ccccc12.COc1cccc2c(C(=O)c3ccccc3)cn(CCCNC3Cc4ccccc4C3)c12. The molecule has 4 fully saturated rings. The van der Waals surface area contributed by atoms with Crippen molar-refractivity contribution in [1.82, 2.24) is 64.1 Å². The van der Waals surface area contributed by atoms with Gasteiger partial charge in [-0.25, -0.2) is 0 Å². The van der Waals surface area contributed by atoms with Crippen LogP contribution < -0.4 is 26.0 Å². The molecule has 2 unspecified atom stereocenters. The third-order valence-corrected chi connectivity index (χ3v) is 26.5. The summed E-state index contributed by atoms with van der Waals surface area (Å²) in [6, 6.07) is 68.8. The lowest BCUT2D eigenvalue weighted by Gasteiger charge is -2.39. The maximum absolute atomic E-state index is 13.2. The van der Waals surface area contributed by atoms with E-state index in [1.165, 1.54) is 125 Å². The van der Waals surface area contributed by atoms with E-state index in [4.69, 9.17) is 4.74 Å². The predicted molar refractivity (Wildman–Crippen MR) is 517 cm³/mol. The van der Waals surface area contributed by atoms with Crippen LogP contribution in [-0.2, 0) is 51.9 Å². The average molecular weight is 1700 g/mol. The molecule has 7 aromatic carbocycles. The van der Waals surface area contributed by atoms with Gasteiger partial charge >= 0.3 is 0 Å². The summed E-state index contributed by atoms with van der Waals surface area (Å²) in [5.41, 5.74) is 13.8. The van der Waals surface area contributed by atoms with Crippen LogP contribution in [0.3, 0.4) is 0 Å². The number of aromatic nitrogens is 5. The van der Waals surface area contributed by atoms with Crippen LogP contribution in [0, 0.1) is 23.7 Å². The molecule has 5 aliphatic rings. The first-order valence-corrected chi connectivity index (χ1v) is 47.5. The van der Waals surface area contributed by atoms with E-state index < -0.39 is 0 Å². The number of methoxy groups -OCH3 is 1. The number of nitrogens with zero attached hydrogens (tertiary/aromatic N) is 9. The number of pyridine rings is 1. The number of hydrogen-bond donors (Lipinski definition) is 4. The Labute approximate surface area is 749 Å². The largest absolute Gasteiger partial charge is 0.495 e. The van der Waals surface area contributed by atoms with Crippen molar-refractivity contribution in [2.45, 2.75) is 201 Å². The Hall–Kier alpha value is -10.5. The molecule has 666 valence electrons. The molecule has 5 aromatic heterocycles. The van der Waals surface area contributed by atoms with Crippen molar-refractivity contribution in [3.63, 3.8) is 0 Å². The number of likely N-dealkylation sites (N-methyl/N-ethyl adjacent to an activating group) is 1. The van der Waals surface area contributed by atoms with E-state index in [0.29, 0.717) is 49.0 Å². The fourth-order valence-electron chi connectivity index (χ4n) is 19.8. The van der Waals surface area contributed by atoms with Crippen LogP contribution in [0.25, 0.3) is 43.6 Å². The number of likely N-dealkylation sites (tertiary alicyclic amines) is 2. The Kier molecular flexibility index (Phi) is 33.3. The van der Waals surface area contributed by atoms with E-state index in [9.17, 15) is 19.2 Å². The summed E-state index contributed by atoms with van der Waals surface area (Å²) in [7, 11) is 3.84. The van der Waals surface area contributed by atoms with Gasteiger partial charge in [-0.3, -0.25) is 29.1 Å². The molecule has 4 N–H and O–H groups in total. The van der Waals surface area contributed by atoms with Crippen molar-refractivity contribution in [2.75, 3.05) is 92.7 Å². The molecule has 2 atom stereocenters. The van der Waals surface area contributed by atoms with E-state index in [2.05, 4.69) is 228 Å². The Morgan fingerprint density at radius 1 is 0.460 bits per heavy atom. The van der Waals surface area contributed by atoms with Crippen molar-refractivity contribution in [1.29, 1.82) is 0 Å². The fourth-order valence-corrected chi connectivity index (χ4v) is 19.8. The van der Waals surface area contributed by atoms with Crippen LogP contribution in [0.2, 0.25) is 0 Å². The van der Waals surface area contributed by atoms with Gasteiger partial charge in [0.15, 0.2) is 5.78 Å². The number of nitrogens with one attached hydrogen (secondary N) is 4. The van der Waals surface area contributed by atoms with Crippen LogP contribution in [0.15, 0.2) is 225 Å². The van der Waals surface area contributed by atoms with Crippen LogP contribution in [0.1, 0.15) is 194 Å². The molecular weight excluding hydrogens is 1560 g/mol. The molecule has 12 aromatic rings. The first-order valence-electron chi connectivity index (χ1n) is 47.5. The average Bonchev–Trinajstić information content (AvgIpc) is 1.62. The monoisotopic (exact) mass is 1700 g/mol. The van der Waals surface area contributed by atoms with Crippen molar-refractivity contribution in [2.24, 2.45) is 23.7 Å². The number of amides is 3. The molecule has 18 heteroatoms. The Balaban J connectivity index is 0.000000137. The number of rotatable bonds is 36. The standard InChI is InChI=1S/C31H41N3O.C28H28N2O2.C25H38N4O.C24H32N4O/c1-23(2)21-32-31(35)29-22-33(30-12-7-6-11-28(29)30)17-8-18-34-26-15-16-27(34)20-25(19-26)14-13-24-9-4-3-5-10-24;1-32-26-14-7-13-24-25(28(31)20-9-3-2-4-10-20)19-30(27(24)26)16-8-15-29-23-17-21-11-5-6-12-22(21)18-23;1-20(2)18-26-25(30)23-19-29(24-9-4-3-8-22(23)24)15-7-12-27-16-10-21(11-17-27)28-13-5-6-14-28;1-19(2)17-26-24(29)22-18-28(23-11-5-4-10-21(22)23)15-8-14-27(3)16-12-20-9-6-7-13-25-20/h3-7,9-12,22-23,25-27H,8,13-21H2,1-2H3,(H,32,35);2-7,9-14,19,23,29H,8,15-18H2,1H3;3-4,8-9,19-21H,5-7,10-18H2,1-2H3,(H,26,30);4-7,9-11,13,18-19H,8,12,14-17H2,1-3H3,(H,26,29). The summed E-state index contributed by atoms with van der Waals surface area (Å²) in [5, 5.41) is 17.0. The van der Waals surface area contributed by atoms with Crippen molar-refractivity contribution >= 4 is 67.1 Å². The van der Waals surface area contributed by atoms with E-state index in [-0.39, 0.29) is 23.5 Å². The van der Waals surface area contributed by atoms with E-state index in [0.717, 1.165) is 188 Å². The predicted octanol–water partition coefficient (Wildman–Crippen LogP) is 19.3. The number of hydrogen-bond acceptors (Lipinski definition) is 11. The number of carbonyl (C=O) groups is 4. The van der Waals surface area contributed by atoms with E-state index in [1.54, 1.807) is 7.11 Å². The lowest BCUT2D eigenvalue weighted by atomic mass is 9.86. The van der Waals surface area contributed by atoms with Gasteiger partial charge in [0.05, 0.1) is 29.3 Å². The minimum Gasteiger partial charge on any atom is -0.495 e. The number of carbonyl (C=O) groups excluding carboxylic acids is 4. The fraction of sp³-hybridized carbons (Fsp3) is 0.454. The Morgan fingerprint density at radius 3 is 1.48 bits per heavy atom. The molecule has 9 heterocycles. The van der Waals surface area contributed by atoms with Crippen molar-refractivity contribution in [3.8, 4) is 5.75 Å². The lowest BCUT2D eigenvalue weighted by molar-refractivity contribution is 0.0942. The Morgan fingerprint density at radius 2 is 0.944 bits per heavy atom. The molecule has 17 rings (SSSR count). The van der Waals surface area contributed by atoms with Gasteiger partial charge in [0.25, 0.3) is 17.7 Å². The highest BCUT2D eigenvalue weighted by Gasteiger charge is 2.40. The molecule has 2 bridgehead atoms. The zero-order valence-electron chi connectivity index (χ0n) is 76.4. The highest BCUT2D eigenvalue weighted by atomic mass is 16.5. The third kappa shape index (κ3) is 24.6. The number of benzene rings is 7. The topological polar surface area (TPSA) is 171 Å². The maximum Gasteiger partial charge on any atom is 0.253 e. The van der Waals surface area contributed by atoms with Gasteiger partial charge in [0.1, 0.15) is 5.75 Å². The van der Waals surface area contributed by atoms with Crippen LogP contribution in [0.4, 0.5) is 0 Å². The van der Waals surface area contributed by atoms with E-state index >= 15 is 0 Å². The van der Waals surface area contributed by atoms with E-state index in [1.807, 2.05) is 110 Å². The molecule has 0 saturated carbocycles. The van der Waals surface area contributed by atoms with Gasteiger partial charge in [0.2, 0.25) is 0 Å². The molecule has 4 aliphatic heterocycles. The van der Waals surface area contributed by atoms with Crippen molar-refractivity contribution < 1.29 is 23.9 Å². The minimum absolute atomic E-state index is 0.0149. The van der Waals surface area contributed by atoms with Gasteiger partial charge in [-0.1, -0.05) is 199 Å². The highest BCUT2D eigenvalue weighted by molar-refractivity contribution is 6.17. The number of para-hydroxylation sites is 4.